The Labute approximate surface area is 210 Å². The molecule has 2 fully saturated rings. The lowest BCUT2D eigenvalue weighted by atomic mass is 9.70. The van der Waals surface area contributed by atoms with Gasteiger partial charge < -0.3 is 19.5 Å². The van der Waals surface area contributed by atoms with Crippen LogP contribution in [0.4, 0.5) is 4.79 Å². The minimum atomic E-state index is -0.779. The van der Waals surface area contributed by atoms with Crippen LogP contribution in [-0.2, 0) is 16.8 Å². The van der Waals surface area contributed by atoms with E-state index in [1.807, 2.05) is 47.4 Å². The fourth-order valence-corrected chi connectivity index (χ4v) is 5.51. The summed E-state index contributed by atoms with van der Waals surface area (Å²) >= 11 is 0. The van der Waals surface area contributed by atoms with Crippen LogP contribution in [0.1, 0.15) is 41.3 Å². The maximum atomic E-state index is 13.4. The number of likely N-dealkylation sites (tertiary alicyclic amines) is 1. The van der Waals surface area contributed by atoms with Crippen molar-refractivity contribution in [1.29, 1.82) is 0 Å². The maximum Gasteiger partial charge on any atom is 0.411 e. The predicted molar refractivity (Wildman–Crippen MR) is 135 cm³/mol. The number of amides is 2. The second-order valence-corrected chi connectivity index (χ2v) is 9.57. The Hall–Kier alpha value is -4.00. The molecular formula is C29H30N2O5. The summed E-state index contributed by atoms with van der Waals surface area (Å²) in [6, 6.07) is 23.9. The number of hydrogen-bond acceptors (Lipinski definition) is 5. The van der Waals surface area contributed by atoms with Crippen molar-refractivity contribution in [2.45, 2.75) is 37.5 Å². The molecule has 7 heteroatoms. The number of phenols is 1. The van der Waals surface area contributed by atoms with Gasteiger partial charge in [-0.1, -0.05) is 42.5 Å². The van der Waals surface area contributed by atoms with Crippen molar-refractivity contribution in [1.82, 2.24) is 9.80 Å². The number of phenolic OH excluding ortho intramolecular Hbond substituents is 1. The van der Waals surface area contributed by atoms with Gasteiger partial charge in [0, 0.05) is 31.5 Å². The summed E-state index contributed by atoms with van der Waals surface area (Å²) in [6.45, 7) is 3.37. The van der Waals surface area contributed by atoms with Gasteiger partial charge in [0.05, 0.1) is 13.7 Å². The van der Waals surface area contributed by atoms with Crippen LogP contribution >= 0.6 is 0 Å². The fraction of sp³-hybridized carbons (Fsp3) is 0.310. The molecule has 5 rings (SSSR count). The van der Waals surface area contributed by atoms with E-state index in [4.69, 9.17) is 9.47 Å². The first-order valence-electron chi connectivity index (χ1n) is 12.1. The number of hydrogen-bond donors (Lipinski definition) is 1. The summed E-state index contributed by atoms with van der Waals surface area (Å²) < 4.78 is 11.4. The average Bonchev–Trinajstić information content (AvgIpc) is 3.12. The molecule has 7 nitrogen and oxygen atoms in total. The van der Waals surface area contributed by atoms with Crippen molar-refractivity contribution < 1.29 is 24.2 Å². The van der Waals surface area contributed by atoms with Crippen molar-refractivity contribution in [2.24, 2.45) is 0 Å². The van der Waals surface area contributed by atoms with Gasteiger partial charge in [-0.25, -0.2) is 4.79 Å². The molecule has 3 aromatic carbocycles. The summed E-state index contributed by atoms with van der Waals surface area (Å²) in [5, 5.41) is 9.68. The van der Waals surface area contributed by atoms with Crippen molar-refractivity contribution in [3.8, 4) is 11.5 Å². The Morgan fingerprint density at radius 2 is 1.61 bits per heavy atom. The molecule has 0 aromatic heterocycles. The molecule has 2 saturated heterocycles. The van der Waals surface area contributed by atoms with Crippen molar-refractivity contribution in [3.05, 3.63) is 95.6 Å². The molecule has 1 atom stereocenters. The van der Waals surface area contributed by atoms with E-state index < -0.39 is 11.1 Å². The number of piperidine rings is 1. The Bertz CT molecular complexity index is 1230. The Morgan fingerprint density at radius 1 is 0.972 bits per heavy atom. The van der Waals surface area contributed by atoms with Crippen LogP contribution in [0.3, 0.4) is 0 Å². The zero-order chi connectivity index (χ0) is 25.3. The van der Waals surface area contributed by atoms with E-state index in [0.717, 1.165) is 11.1 Å². The topological polar surface area (TPSA) is 79.3 Å². The number of benzene rings is 3. The first-order valence-corrected chi connectivity index (χ1v) is 12.1. The van der Waals surface area contributed by atoms with Crippen molar-refractivity contribution >= 4 is 12.0 Å². The Balaban J connectivity index is 1.43. The monoisotopic (exact) mass is 486 g/mol. The third kappa shape index (κ3) is 3.94. The number of aromatic hydroxyl groups is 1. The third-order valence-electron chi connectivity index (χ3n) is 7.74. The standard InChI is InChI=1S/C29H30N2O5/c1-28(23-6-4-3-5-7-23)29(36-27(34)31(28)20-21-8-12-24(32)13-9-21)16-18-30(19-17-29)26(33)22-10-14-25(35-2)15-11-22/h3-15,32H,16-20H2,1-2H3. The maximum absolute atomic E-state index is 13.4. The smallest absolute Gasteiger partial charge is 0.411 e. The quantitative estimate of drug-likeness (QED) is 0.553. The summed E-state index contributed by atoms with van der Waals surface area (Å²) in [4.78, 5) is 30.2. The zero-order valence-corrected chi connectivity index (χ0v) is 20.5. The number of carbonyl (C=O) groups excluding carboxylic acids is 2. The molecule has 1 N–H and O–H groups in total. The van der Waals surface area contributed by atoms with Gasteiger partial charge in [0.2, 0.25) is 0 Å². The average molecular weight is 487 g/mol. The predicted octanol–water partition coefficient (Wildman–Crippen LogP) is 4.94. The van der Waals surface area contributed by atoms with E-state index in [9.17, 15) is 14.7 Å². The van der Waals surface area contributed by atoms with Crippen LogP contribution in [0.15, 0.2) is 78.9 Å². The summed E-state index contributed by atoms with van der Waals surface area (Å²) in [5.74, 6) is 0.840. The van der Waals surface area contributed by atoms with Gasteiger partial charge in [0.15, 0.2) is 0 Å². The van der Waals surface area contributed by atoms with E-state index >= 15 is 0 Å². The van der Waals surface area contributed by atoms with E-state index in [-0.39, 0.29) is 17.7 Å². The van der Waals surface area contributed by atoms with Crippen molar-refractivity contribution in [2.75, 3.05) is 20.2 Å². The molecular weight excluding hydrogens is 456 g/mol. The number of methoxy groups -OCH3 is 1. The van der Waals surface area contributed by atoms with Gasteiger partial charge in [-0.2, -0.15) is 0 Å². The lowest BCUT2D eigenvalue weighted by Crippen LogP contribution is -2.58. The molecule has 1 unspecified atom stereocenters. The largest absolute Gasteiger partial charge is 0.508 e. The number of nitrogens with zero attached hydrogens (tertiary/aromatic N) is 2. The summed E-state index contributed by atoms with van der Waals surface area (Å²) in [7, 11) is 1.60. The second kappa shape index (κ2) is 9.22. The minimum absolute atomic E-state index is 0.0424. The molecule has 1 spiro atoms. The highest BCUT2D eigenvalue weighted by Gasteiger charge is 2.63. The molecule has 2 aliphatic rings. The molecule has 0 saturated carbocycles. The minimum Gasteiger partial charge on any atom is -0.508 e. The number of rotatable bonds is 5. The third-order valence-corrected chi connectivity index (χ3v) is 7.74. The second-order valence-electron chi connectivity index (χ2n) is 9.57. The molecule has 0 bridgehead atoms. The zero-order valence-electron chi connectivity index (χ0n) is 20.5. The van der Waals surface area contributed by atoms with Crippen LogP contribution in [0.25, 0.3) is 0 Å². The molecule has 0 radical (unpaired) electrons. The molecule has 2 heterocycles. The lowest BCUT2D eigenvalue weighted by molar-refractivity contribution is -0.0551. The van der Waals surface area contributed by atoms with Crippen LogP contribution in [0, 0.1) is 0 Å². The molecule has 36 heavy (non-hydrogen) atoms. The highest BCUT2D eigenvalue weighted by molar-refractivity contribution is 5.94. The van der Waals surface area contributed by atoms with Gasteiger partial charge in [0.1, 0.15) is 22.6 Å². The van der Waals surface area contributed by atoms with Crippen LogP contribution in [0.5, 0.6) is 11.5 Å². The SMILES string of the molecule is COc1ccc(C(=O)N2CCC3(CC2)OC(=O)N(Cc2ccc(O)cc2)C3(C)c2ccccc2)cc1. The van der Waals surface area contributed by atoms with Crippen LogP contribution < -0.4 is 4.74 Å². The normalized spacial score (nSPS) is 20.9. The molecule has 2 amide bonds. The lowest BCUT2D eigenvalue weighted by Gasteiger charge is -2.48. The van der Waals surface area contributed by atoms with Crippen molar-refractivity contribution in [3.63, 3.8) is 0 Å². The molecule has 2 aliphatic heterocycles. The molecule has 186 valence electrons. The first kappa shape index (κ1) is 23.7. The molecule has 3 aromatic rings. The Morgan fingerprint density at radius 3 is 2.22 bits per heavy atom. The highest BCUT2D eigenvalue weighted by atomic mass is 16.6. The van der Waals surface area contributed by atoms with E-state index in [1.54, 1.807) is 48.4 Å². The fourth-order valence-electron chi connectivity index (χ4n) is 5.51. The number of carbonyl (C=O) groups is 2. The molecule has 0 aliphatic carbocycles. The summed E-state index contributed by atoms with van der Waals surface area (Å²) in [5.41, 5.74) is 0.980. The van der Waals surface area contributed by atoms with E-state index in [2.05, 4.69) is 6.92 Å². The highest BCUT2D eigenvalue weighted by Crippen LogP contribution is 2.52. The van der Waals surface area contributed by atoms with E-state index in [0.29, 0.717) is 43.8 Å². The van der Waals surface area contributed by atoms with Gasteiger partial charge >= 0.3 is 6.09 Å². The van der Waals surface area contributed by atoms with Crippen LogP contribution in [-0.4, -0.2) is 52.7 Å². The van der Waals surface area contributed by atoms with Gasteiger partial charge in [-0.05, 0) is 54.4 Å². The van der Waals surface area contributed by atoms with Gasteiger partial charge in [0.25, 0.3) is 5.91 Å². The Kier molecular flexibility index (Phi) is 6.08. The summed E-state index contributed by atoms with van der Waals surface area (Å²) in [6.07, 6.45) is 0.681. The van der Waals surface area contributed by atoms with E-state index in [1.165, 1.54) is 0 Å². The van der Waals surface area contributed by atoms with Crippen LogP contribution in [0.2, 0.25) is 0 Å². The van der Waals surface area contributed by atoms with Gasteiger partial charge in [-0.3, -0.25) is 9.69 Å². The number of ether oxygens (including phenoxy) is 2. The first-order chi connectivity index (χ1) is 17.4. The van der Waals surface area contributed by atoms with Gasteiger partial charge in [-0.15, -0.1) is 0 Å².